The molecule has 3 N–H and O–H groups in total. The Morgan fingerprint density at radius 2 is 2.37 bits per heavy atom. The maximum absolute atomic E-state index is 12.2. The third kappa shape index (κ3) is 2.45. The number of nitrogens with one attached hydrogen (secondary N) is 3. The molecular weight excluding hydrogens is 266 g/mol. The normalized spacial score (nSPS) is 17.8. The molecule has 0 radical (unpaired) electrons. The Bertz CT molecular complexity index is 612. The summed E-state index contributed by atoms with van der Waals surface area (Å²) in [6.07, 6.45) is 3.78. The minimum atomic E-state index is -0.313. The van der Waals surface area contributed by atoms with Crippen molar-refractivity contribution in [1.82, 2.24) is 20.3 Å². The first-order valence-corrected chi connectivity index (χ1v) is 6.27. The molecule has 1 aliphatic rings. The van der Waals surface area contributed by atoms with Crippen LogP contribution in [0.2, 0.25) is 5.15 Å². The number of pyridine rings is 1. The van der Waals surface area contributed by atoms with Gasteiger partial charge in [0.1, 0.15) is 0 Å². The molecule has 2 aromatic heterocycles. The van der Waals surface area contributed by atoms with Gasteiger partial charge in [0.05, 0.1) is 29.4 Å². The quantitative estimate of drug-likeness (QED) is 0.718. The van der Waals surface area contributed by atoms with Gasteiger partial charge in [0.25, 0.3) is 0 Å². The fourth-order valence-corrected chi connectivity index (χ4v) is 2.22. The summed E-state index contributed by atoms with van der Waals surface area (Å²) in [7, 11) is 0. The number of fused-ring (bicyclic) bond motifs is 1. The SMILES string of the molecule is O=C(Nc1cccnc1Cl)C1Cc2nc[nH]c2CN1. The van der Waals surface area contributed by atoms with Crippen molar-refractivity contribution in [2.75, 3.05) is 5.32 Å². The number of hydrogen-bond donors (Lipinski definition) is 3. The van der Waals surface area contributed by atoms with Gasteiger partial charge in [-0.1, -0.05) is 11.6 Å². The first-order chi connectivity index (χ1) is 9.24. The predicted octanol–water partition coefficient (Wildman–Crippen LogP) is 1.11. The number of aromatic nitrogens is 3. The standard InChI is InChI=1S/C12H12ClN5O/c13-11-7(2-1-3-14-11)18-12(19)9-4-8-10(5-15-9)17-6-16-8/h1-3,6,9,15H,4-5H2,(H,16,17)(H,18,19). The molecular formula is C12H12ClN5O. The van der Waals surface area contributed by atoms with Gasteiger partial charge in [-0.2, -0.15) is 0 Å². The van der Waals surface area contributed by atoms with Crippen LogP contribution in [0.25, 0.3) is 0 Å². The second kappa shape index (κ2) is 4.99. The maximum Gasteiger partial charge on any atom is 0.242 e. The average molecular weight is 278 g/mol. The van der Waals surface area contributed by atoms with Crippen LogP contribution >= 0.6 is 11.6 Å². The molecule has 1 aliphatic heterocycles. The molecule has 3 rings (SSSR count). The third-order valence-electron chi connectivity index (χ3n) is 3.06. The van der Waals surface area contributed by atoms with E-state index in [1.54, 1.807) is 24.7 Å². The molecule has 1 atom stereocenters. The van der Waals surface area contributed by atoms with Gasteiger partial charge in [-0.3, -0.25) is 10.1 Å². The number of carbonyl (C=O) groups is 1. The van der Waals surface area contributed by atoms with Gasteiger partial charge in [-0.05, 0) is 12.1 Å². The Labute approximate surface area is 114 Å². The highest BCUT2D eigenvalue weighted by Gasteiger charge is 2.26. The Kier molecular flexibility index (Phi) is 3.18. The highest BCUT2D eigenvalue weighted by molar-refractivity contribution is 6.32. The first-order valence-electron chi connectivity index (χ1n) is 5.90. The molecule has 0 fully saturated rings. The van der Waals surface area contributed by atoms with Crippen molar-refractivity contribution >= 4 is 23.2 Å². The lowest BCUT2D eigenvalue weighted by Gasteiger charge is -2.22. The number of amides is 1. The van der Waals surface area contributed by atoms with Crippen LogP contribution in [0.5, 0.6) is 0 Å². The van der Waals surface area contributed by atoms with E-state index < -0.39 is 0 Å². The lowest BCUT2D eigenvalue weighted by Crippen LogP contribution is -2.44. The molecule has 1 unspecified atom stereocenters. The number of carbonyl (C=O) groups excluding carboxylic acids is 1. The van der Waals surface area contributed by atoms with E-state index in [0.717, 1.165) is 11.4 Å². The van der Waals surface area contributed by atoms with Gasteiger partial charge >= 0.3 is 0 Å². The first kappa shape index (κ1) is 12.1. The number of aromatic amines is 1. The molecule has 0 saturated heterocycles. The predicted molar refractivity (Wildman–Crippen MR) is 70.8 cm³/mol. The van der Waals surface area contributed by atoms with Crippen LogP contribution in [0.4, 0.5) is 5.69 Å². The number of imidazole rings is 1. The molecule has 0 spiro atoms. The Hall–Kier alpha value is -1.92. The monoisotopic (exact) mass is 277 g/mol. The molecule has 0 saturated carbocycles. The van der Waals surface area contributed by atoms with Crippen LogP contribution in [0.1, 0.15) is 11.4 Å². The van der Waals surface area contributed by atoms with E-state index in [-0.39, 0.29) is 17.1 Å². The molecule has 0 aromatic carbocycles. The van der Waals surface area contributed by atoms with Gasteiger partial charge < -0.3 is 10.3 Å². The number of anilines is 1. The van der Waals surface area contributed by atoms with Crippen molar-refractivity contribution in [2.24, 2.45) is 0 Å². The number of rotatable bonds is 2. The van der Waals surface area contributed by atoms with E-state index in [1.807, 2.05) is 0 Å². The fourth-order valence-electron chi connectivity index (χ4n) is 2.05. The molecule has 7 heteroatoms. The largest absolute Gasteiger partial charge is 0.347 e. The second-order valence-corrected chi connectivity index (χ2v) is 4.65. The van der Waals surface area contributed by atoms with Crippen LogP contribution in [0.3, 0.4) is 0 Å². The van der Waals surface area contributed by atoms with Crippen LogP contribution in [-0.2, 0) is 17.8 Å². The second-order valence-electron chi connectivity index (χ2n) is 4.30. The van der Waals surface area contributed by atoms with Crippen molar-refractivity contribution in [3.8, 4) is 0 Å². The van der Waals surface area contributed by atoms with E-state index in [0.29, 0.717) is 18.7 Å². The summed E-state index contributed by atoms with van der Waals surface area (Å²) in [4.78, 5) is 23.3. The summed E-state index contributed by atoms with van der Waals surface area (Å²) in [5.41, 5.74) is 2.48. The van der Waals surface area contributed by atoms with Crippen LogP contribution in [0, 0.1) is 0 Å². The van der Waals surface area contributed by atoms with Crippen molar-refractivity contribution in [1.29, 1.82) is 0 Å². The highest BCUT2D eigenvalue weighted by atomic mass is 35.5. The molecule has 0 aliphatic carbocycles. The van der Waals surface area contributed by atoms with E-state index in [1.165, 1.54) is 0 Å². The summed E-state index contributed by atoms with van der Waals surface area (Å²) in [5, 5.41) is 6.21. The van der Waals surface area contributed by atoms with Crippen LogP contribution in [0.15, 0.2) is 24.7 Å². The number of halogens is 1. The molecule has 19 heavy (non-hydrogen) atoms. The summed E-state index contributed by atoms with van der Waals surface area (Å²) in [6, 6.07) is 3.13. The summed E-state index contributed by atoms with van der Waals surface area (Å²) in [6.45, 7) is 0.605. The minimum absolute atomic E-state index is 0.136. The molecule has 6 nitrogen and oxygen atoms in total. The fraction of sp³-hybridized carbons (Fsp3) is 0.250. The van der Waals surface area contributed by atoms with Crippen LogP contribution < -0.4 is 10.6 Å². The molecule has 0 bridgehead atoms. The number of H-pyrrole nitrogens is 1. The Morgan fingerprint density at radius 3 is 3.21 bits per heavy atom. The van der Waals surface area contributed by atoms with Gasteiger partial charge in [0, 0.05) is 19.2 Å². The summed E-state index contributed by atoms with van der Waals surface area (Å²) in [5.74, 6) is -0.136. The lowest BCUT2D eigenvalue weighted by atomic mass is 10.0. The van der Waals surface area contributed by atoms with E-state index >= 15 is 0 Å². The molecule has 1 amide bonds. The zero-order valence-corrected chi connectivity index (χ0v) is 10.7. The van der Waals surface area contributed by atoms with Crippen LogP contribution in [-0.4, -0.2) is 26.9 Å². The van der Waals surface area contributed by atoms with E-state index in [2.05, 4.69) is 25.6 Å². The topological polar surface area (TPSA) is 82.7 Å². The maximum atomic E-state index is 12.2. The average Bonchev–Trinajstić information content (AvgIpc) is 2.88. The zero-order valence-electron chi connectivity index (χ0n) is 9.98. The Balaban J connectivity index is 1.71. The molecule has 2 aromatic rings. The molecule has 98 valence electrons. The summed E-state index contributed by atoms with van der Waals surface area (Å²) < 4.78 is 0. The highest BCUT2D eigenvalue weighted by Crippen LogP contribution is 2.19. The summed E-state index contributed by atoms with van der Waals surface area (Å²) >= 11 is 5.91. The smallest absolute Gasteiger partial charge is 0.242 e. The molecule has 3 heterocycles. The van der Waals surface area contributed by atoms with E-state index in [9.17, 15) is 4.79 Å². The third-order valence-corrected chi connectivity index (χ3v) is 3.36. The van der Waals surface area contributed by atoms with Crippen molar-refractivity contribution in [3.05, 3.63) is 41.2 Å². The lowest BCUT2D eigenvalue weighted by molar-refractivity contribution is -0.118. The van der Waals surface area contributed by atoms with Gasteiger partial charge in [0.15, 0.2) is 5.15 Å². The van der Waals surface area contributed by atoms with Crippen molar-refractivity contribution in [3.63, 3.8) is 0 Å². The van der Waals surface area contributed by atoms with Crippen molar-refractivity contribution < 1.29 is 4.79 Å². The van der Waals surface area contributed by atoms with Gasteiger partial charge in [-0.15, -0.1) is 0 Å². The minimum Gasteiger partial charge on any atom is -0.347 e. The van der Waals surface area contributed by atoms with Gasteiger partial charge in [0.2, 0.25) is 5.91 Å². The Morgan fingerprint density at radius 1 is 1.47 bits per heavy atom. The van der Waals surface area contributed by atoms with E-state index in [4.69, 9.17) is 11.6 Å². The number of hydrogen-bond acceptors (Lipinski definition) is 4. The van der Waals surface area contributed by atoms with Crippen molar-refractivity contribution in [2.45, 2.75) is 19.0 Å². The number of nitrogens with zero attached hydrogens (tertiary/aromatic N) is 2. The van der Waals surface area contributed by atoms with Gasteiger partial charge in [-0.25, -0.2) is 9.97 Å². The zero-order chi connectivity index (χ0) is 13.2.